The van der Waals surface area contributed by atoms with Crippen LogP contribution in [0.25, 0.3) is 0 Å². The van der Waals surface area contributed by atoms with Gasteiger partial charge in [0, 0.05) is 10.6 Å². The molecule has 5 nitrogen and oxygen atoms in total. The third-order valence-corrected chi connectivity index (χ3v) is 4.08. The van der Waals surface area contributed by atoms with Crippen molar-refractivity contribution in [1.29, 1.82) is 0 Å². The van der Waals surface area contributed by atoms with Gasteiger partial charge in [-0.2, -0.15) is 0 Å². The summed E-state index contributed by atoms with van der Waals surface area (Å²) in [6, 6.07) is 9.61. The summed E-state index contributed by atoms with van der Waals surface area (Å²) >= 11 is 1.24. The molecule has 0 saturated heterocycles. The number of rotatable bonds is 5. The number of hydrogen-bond donors (Lipinski definition) is 2. The maximum atomic E-state index is 13.9. The van der Waals surface area contributed by atoms with E-state index in [9.17, 15) is 18.4 Å². The summed E-state index contributed by atoms with van der Waals surface area (Å²) in [6.45, 7) is 5.08. The molecule has 0 unspecified atom stereocenters. The summed E-state index contributed by atoms with van der Waals surface area (Å²) in [4.78, 5) is 24.6. The minimum absolute atomic E-state index is 0.0951. The van der Waals surface area contributed by atoms with E-state index in [1.807, 2.05) is 0 Å². The highest BCUT2D eigenvalue weighted by Crippen LogP contribution is 2.22. The van der Waals surface area contributed by atoms with E-state index in [1.165, 1.54) is 36.0 Å². The monoisotopic (exact) mass is 394 g/mol. The number of anilines is 2. The third kappa shape index (κ3) is 7.26. The molecule has 0 aliphatic carbocycles. The molecule has 0 spiro atoms. The van der Waals surface area contributed by atoms with E-state index in [1.54, 1.807) is 32.9 Å². The Morgan fingerprint density at radius 1 is 1.04 bits per heavy atom. The van der Waals surface area contributed by atoms with Crippen molar-refractivity contribution in [3.63, 3.8) is 0 Å². The van der Waals surface area contributed by atoms with Crippen molar-refractivity contribution >= 4 is 35.1 Å². The maximum Gasteiger partial charge on any atom is 0.412 e. The van der Waals surface area contributed by atoms with Crippen LogP contribution >= 0.6 is 11.8 Å². The summed E-state index contributed by atoms with van der Waals surface area (Å²) in [5.41, 5.74) is -0.496. The molecule has 2 rings (SSSR count). The molecule has 8 heteroatoms. The van der Waals surface area contributed by atoms with Crippen LogP contribution in [0, 0.1) is 11.6 Å². The van der Waals surface area contributed by atoms with Gasteiger partial charge in [0.05, 0.1) is 11.4 Å². The number of hydrogen-bond acceptors (Lipinski definition) is 4. The zero-order valence-corrected chi connectivity index (χ0v) is 16.0. The average Bonchev–Trinajstić information content (AvgIpc) is 2.56. The Bertz CT molecular complexity index is 821. The molecule has 144 valence electrons. The van der Waals surface area contributed by atoms with Crippen LogP contribution in [-0.4, -0.2) is 23.4 Å². The standard InChI is InChI=1S/C19H20F2N2O3S/c1-19(2,3)26-18(25)23-16-10-13(6-9-15(16)21)22-17(24)11-27-14-7-4-12(20)5-8-14/h4-10H,11H2,1-3H3,(H,22,24)(H,23,25). The van der Waals surface area contributed by atoms with Gasteiger partial charge >= 0.3 is 6.09 Å². The highest BCUT2D eigenvalue weighted by molar-refractivity contribution is 8.00. The molecule has 0 saturated carbocycles. The van der Waals surface area contributed by atoms with E-state index < -0.39 is 17.5 Å². The number of carbonyl (C=O) groups is 2. The molecule has 2 amide bonds. The Labute approximate surface area is 160 Å². The molecule has 0 aliphatic heterocycles. The summed E-state index contributed by atoms with van der Waals surface area (Å²) < 4.78 is 31.8. The molecule has 2 N–H and O–H groups in total. The molecular weight excluding hydrogens is 374 g/mol. The Morgan fingerprint density at radius 3 is 2.33 bits per heavy atom. The second kappa shape index (κ2) is 8.85. The average molecular weight is 394 g/mol. The van der Waals surface area contributed by atoms with Crippen LogP contribution in [0.15, 0.2) is 47.4 Å². The number of nitrogens with one attached hydrogen (secondary N) is 2. The highest BCUT2D eigenvalue weighted by atomic mass is 32.2. The zero-order chi connectivity index (χ0) is 20.0. The minimum Gasteiger partial charge on any atom is -0.444 e. The van der Waals surface area contributed by atoms with Gasteiger partial charge in [0.1, 0.15) is 17.2 Å². The fraction of sp³-hybridized carbons (Fsp3) is 0.263. The van der Waals surface area contributed by atoms with E-state index in [-0.39, 0.29) is 23.2 Å². The Morgan fingerprint density at radius 2 is 1.70 bits per heavy atom. The van der Waals surface area contributed by atoms with E-state index in [4.69, 9.17) is 4.74 Å². The fourth-order valence-corrected chi connectivity index (χ4v) is 2.69. The molecule has 0 radical (unpaired) electrons. The number of benzene rings is 2. The number of ether oxygens (including phenoxy) is 1. The number of thioether (sulfide) groups is 1. The smallest absolute Gasteiger partial charge is 0.412 e. The van der Waals surface area contributed by atoms with E-state index in [0.717, 1.165) is 11.0 Å². The van der Waals surface area contributed by atoms with Crippen molar-refractivity contribution < 1.29 is 23.1 Å². The van der Waals surface area contributed by atoms with E-state index >= 15 is 0 Å². The topological polar surface area (TPSA) is 67.4 Å². The van der Waals surface area contributed by atoms with Gasteiger partial charge in [-0.1, -0.05) is 0 Å². The van der Waals surface area contributed by atoms with Gasteiger partial charge < -0.3 is 10.1 Å². The SMILES string of the molecule is CC(C)(C)OC(=O)Nc1cc(NC(=O)CSc2ccc(F)cc2)ccc1F. The molecule has 0 heterocycles. The first-order valence-corrected chi connectivity index (χ1v) is 9.09. The zero-order valence-electron chi connectivity index (χ0n) is 15.1. The Kier molecular flexibility index (Phi) is 6.79. The first-order chi connectivity index (χ1) is 12.6. The second-order valence-corrected chi connectivity index (χ2v) is 7.66. The number of carbonyl (C=O) groups excluding carboxylic acids is 2. The molecular formula is C19H20F2N2O3S. The van der Waals surface area contributed by atoms with Crippen LogP contribution in [-0.2, 0) is 9.53 Å². The van der Waals surface area contributed by atoms with Gasteiger partial charge in [-0.15, -0.1) is 11.8 Å². The van der Waals surface area contributed by atoms with Gasteiger partial charge in [0.15, 0.2) is 0 Å². The third-order valence-electron chi connectivity index (χ3n) is 3.07. The first kappa shape index (κ1) is 20.7. The molecule has 0 fully saturated rings. The van der Waals surface area contributed by atoms with Gasteiger partial charge in [-0.05, 0) is 63.2 Å². The quantitative estimate of drug-likeness (QED) is 0.697. The molecule has 2 aromatic carbocycles. The van der Waals surface area contributed by atoms with Crippen LogP contribution in [0.5, 0.6) is 0 Å². The predicted molar refractivity (Wildman–Crippen MR) is 102 cm³/mol. The van der Waals surface area contributed by atoms with Gasteiger partial charge in [0.25, 0.3) is 0 Å². The van der Waals surface area contributed by atoms with Crippen molar-refractivity contribution in [3.8, 4) is 0 Å². The second-order valence-electron chi connectivity index (χ2n) is 6.61. The highest BCUT2D eigenvalue weighted by Gasteiger charge is 2.17. The van der Waals surface area contributed by atoms with Crippen LogP contribution in [0.3, 0.4) is 0 Å². The molecule has 0 atom stereocenters. The lowest BCUT2D eigenvalue weighted by atomic mass is 10.2. The van der Waals surface area contributed by atoms with Crippen molar-refractivity contribution in [1.82, 2.24) is 0 Å². The number of amides is 2. The normalized spacial score (nSPS) is 11.0. The minimum atomic E-state index is -0.795. The summed E-state index contributed by atoms with van der Waals surface area (Å²) in [5, 5.41) is 4.94. The van der Waals surface area contributed by atoms with Crippen LogP contribution in [0.2, 0.25) is 0 Å². The molecule has 0 aromatic heterocycles. The van der Waals surface area contributed by atoms with E-state index in [2.05, 4.69) is 10.6 Å². The van der Waals surface area contributed by atoms with Crippen molar-refractivity contribution in [3.05, 3.63) is 54.1 Å². The summed E-state index contributed by atoms with van der Waals surface area (Å²) in [5.74, 6) is -1.23. The van der Waals surface area contributed by atoms with Crippen molar-refractivity contribution in [2.75, 3.05) is 16.4 Å². The van der Waals surface area contributed by atoms with Gasteiger partial charge in [-0.25, -0.2) is 13.6 Å². The van der Waals surface area contributed by atoms with Gasteiger partial charge in [-0.3, -0.25) is 10.1 Å². The molecule has 2 aromatic rings. The first-order valence-electron chi connectivity index (χ1n) is 8.10. The summed E-state index contributed by atoms with van der Waals surface area (Å²) in [7, 11) is 0. The Hall–Kier alpha value is -2.61. The van der Waals surface area contributed by atoms with Gasteiger partial charge in [0.2, 0.25) is 5.91 Å². The predicted octanol–water partition coefficient (Wildman–Crippen LogP) is 5.04. The lowest BCUT2D eigenvalue weighted by Gasteiger charge is -2.20. The van der Waals surface area contributed by atoms with E-state index in [0.29, 0.717) is 5.69 Å². The molecule has 0 aliphatic rings. The largest absolute Gasteiger partial charge is 0.444 e. The van der Waals surface area contributed by atoms with Crippen molar-refractivity contribution in [2.45, 2.75) is 31.3 Å². The fourth-order valence-electron chi connectivity index (χ4n) is 1.99. The lowest BCUT2D eigenvalue weighted by Crippen LogP contribution is -2.27. The lowest BCUT2D eigenvalue weighted by molar-refractivity contribution is -0.113. The maximum absolute atomic E-state index is 13.9. The number of halogens is 2. The van der Waals surface area contributed by atoms with Crippen LogP contribution < -0.4 is 10.6 Å². The molecule has 27 heavy (non-hydrogen) atoms. The Balaban J connectivity index is 1.95. The molecule has 0 bridgehead atoms. The summed E-state index contributed by atoms with van der Waals surface area (Å²) in [6.07, 6.45) is -0.795. The van der Waals surface area contributed by atoms with Crippen LogP contribution in [0.1, 0.15) is 20.8 Å². The van der Waals surface area contributed by atoms with Crippen molar-refractivity contribution in [2.24, 2.45) is 0 Å². The van der Waals surface area contributed by atoms with Crippen LogP contribution in [0.4, 0.5) is 25.0 Å².